The van der Waals surface area contributed by atoms with Crippen LogP contribution in [0.25, 0.3) is 11.0 Å². The van der Waals surface area contributed by atoms with Crippen molar-refractivity contribution in [2.45, 2.75) is 52.3 Å². The Morgan fingerprint density at radius 3 is 2.54 bits per heavy atom. The molecule has 190 valence electrons. The Labute approximate surface area is 201 Å². The Balaban J connectivity index is 1.74. The van der Waals surface area contributed by atoms with Crippen molar-refractivity contribution in [1.29, 1.82) is 0 Å². The molecule has 1 aliphatic rings. The normalized spacial score (nSPS) is 17.1. The number of fused-ring (bicyclic) bond motifs is 1. The minimum Gasteiger partial charge on any atom is -0.465 e. The largest absolute Gasteiger partial charge is 0.465 e. The fraction of sp³-hybridized carbons (Fsp3) is 0.522. The maximum atomic E-state index is 12.9. The van der Waals surface area contributed by atoms with E-state index >= 15 is 0 Å². The number of carbonyl (C=O) groups excluding carboxylic acids is 3. The van der Waals surface area contributed by atoms with E-state index in [1.165, 1.54) is 16.2 Å². The Hall–Kier alpha value is -3.83. The van der Waals surface area contributed by atoms with Gasteiger partial charge in [-0.05, 0) is 24.1 Å². The Bertz CT molecular complexity index is 1220. The van der Waals surface area contributed by atoms with Gasteiger partial charge in [0.05, 0.1) is 17.6 Å². The number of nitrogens with one attached hydrogen (secondary N) is 2. The van der Waals surface area contributed by atoms with Crippen LogP contribution in [0.2, 0.25) is 0 Å². The van der Waals surface area contributed by atoms with Crippen LogP contribution in [-0.2, 0) is 27.9 Å². The average Bonchev–Trinajstić information content (AvgIpc) is 3.01. The molecule has 1 saturated heterocycles. The molecule has 12 nitrogen and oxygen atoms in total. The third kappa shape index (κ3) is 5.64. The van der Waals surface area contributed by atoms with Crippen molar-refractivity contribution in [2.24, 2.45) is 12.5 Å². The molecule has 2 aromatic rings. The number of ether oxygens (including phenoxy) is 1. The first-order valence-corrected chi connectivity index (χ1v) is 11.2. The number of hydrogen-bond donors (Lipinski definition) is 3. The van der Waals surface area contributed by atoms with E-state index in [-0.39, 0.29) is 37.5 Å². The third-order valence-electron chi connectivity index (χ3n) is 6.09. The highest BCUT2D eigenvalue weighted by Crippen LogP contribution is 2.25. The molecule has 1 aromatic heterocycles. The molecular weight excluding hydrogens is 458 g/mol. The number of imide groups is 1. The monoisotopic (exact) mass is 489 g/mol. The molecule has 12 heteroatoms. The summed E-state index contributed by atoms with van der Waals surface area (Å²) in [5.41, 5.74) is 0.942. The maximum Gasteiger partial charge on any atom is 0.407 e. The van der Waals surface area contributed by atoms with E-state index in [1.54, 1.807) is 25.2 Å². The fourth-order valence-electron chi connectivity index (χ4n) is 3.91. The minimum absolute atomic E-state index is 0.0220. The van der Waals surface area contributed by atoms with E-state index in [9.17, 15) is 24.0 Å². The lowest BCUT2D eigenvalue weighted by Crippen LogP contribution is -2.44. The molecule has 0 spiro atoms. The quantitative estimate of drug-likeness (QED) is 0.521. The summed E-state index contributed by atoms with van der Waals surface area (Å²) in [7, 11) is 2.99. The lowest BCUT2D eigenvalue weighted by Gasteiger charge is -2.32. The number of carboxylic acid groups (broad SMARTS) is 1. The number of aromatic nitrogens is 2. The molecule has 2 unspecified atom stereocenters. The van der Waals surface area contributed by atoms with Crippen LogP contribution in [0.3, 0.4) is 0 Å². The summed E-state index contributed by atoms with van der Waals surface area (Å²) >= 11 is 0. The highest BCUT2D eigenvalue weighted by molar-refractivity contribution is 6.00. The highest BCUT2D eigenvalue weighted by Gasteiger charge is 2.32. The van der Waals surface area contributed by atoms with Crippen molar-refractivity contribution in [3.63, 3.8) is 0 Å². The summed E-state index contributed by atoms with van der Waals surface area (Å²) in [6, 6.07) is 4.38. The van der Waals surface area contributed by atoms with Crippen LogP contribution in [0.15, 0.2) is 23.0 Å². The number of likely N-dealkylation sites (N-methyl/N-ethyl adjacent to an activating group) is 1. The van der Waals surface area contributed by atoms with Gasteiger partial charge in [-0.25, -0.2) is 14.4 Å². The number of imidazole rings is 1. The molecule has 1 aromatic carbocycles. The van der Waals surface area contributed by atoms with Gasteiger partial charge in [0.1, 0.15) is 12.1 Å². The summed E-state index contributed by atoms with van der Waals surface area (Å²) in [6.07, 6.45) is -2.09. The van der Waals surface area contributed by atoms with Gasteiger partial charge in [-0.1, -0.05) is 26.8 Å². The SMILES string of the molecule is CN(CC(OC(=O)NCc1ccc2c(c1)n(C)c(=O)n2C1CCC(=O)NC1=O)C(C)(C)C)C(=O)O. The number of nitrogens with zero attached hydrogens (tertiary/aromatic N) is 3. The van der Waals surface area contributed by atoms with Gasteiger partial charge in [-0.2, -0.15) is 0 Å². The average molecular weight is 490 g/mol. The van der Waals surface area contributed by atoms with Crippen LogP contribution >= 0.6 is 0 Å². The van der Waals surface area contributed by atoms with Crippen molar-refractivity contribution < 1.29 is 29.0 Å². The van der Waals surface area contributed by atoms with Gasteiger partial charge >= 0.3 is 17.9 Å². The smallest absolute Gasteiger partial charge is 0.407 e. The number of carbonyl (C=O) groups is 4. The summed E-state index contributed by atoms with van der Waals surface area (Å²) in [5, 5.41) is 14.1. The van der Waals surface area contributed by atoms with Gasteiger partial charge in [0, 0.05) is 32.5 Å². The van der Waals surface area contributed by atoms with Gasteiger partial charge in [0.25, 0.3) is 0 Å². The molecule has 0 saturated carbocycles. The molecule has 0 bridgehead atoms. The number of alkyl carbamates (subject to hydrolysis) is 1. The Morgan fingerprint density at radius 2 is 1.94 bits per heavy atom. The summed E-state index contributed by atoms with van der Waals surface area (Å²) < 4.78 is 8.30. The third-order valence-corrected chi connectivity index (χ3v) is 6.09. The predicted octanol–water partition coefficient (Wildman–Crippen LogP) is 1.57. The van der Waals surface area contributed by atoms with E-state index in [2.05, 4.69) is 10.6 Å². The number of benzene rings is 1. The van der Waals surface area contributed by atoms with E-state index in [1.807, 2.05) is 20.8 Å². The second-order valence-corrected chi connectivity index (χ2v) is 9.78. The zero-order valence-electron chi connectivity index (χ0n) is 20.5. The molecule has 3 rings (SSSR count). The van der Waals surface area contributed by atoms with E-state index < -0.39 is 35.7 Å². The maximum absolute atomic E-state index is 12.9. The topological polar surface area (TPSA) is 152 Å². The standard InChI is InChI=1S/C23H31N5O7/c1-23(2,3)17(12-26(4)22(33)34)35-20(31)24-11-13-6-7-14-16(10-13)27(5)21(32)28(14)15-8-9-18(29)25-19(15)30/h6-7,10,15,17H,8-9,11-12H2,1-5H3,(H,24,31)(H,33,34)(H,25,29,30). The van der Waals surface area contributed by atoms with Crippen molar-refractivity contribution in [3.05, 3.63) is 34.2 Å². The van der Waals surface area contributed by atoms with Crippen LogP contribution in [0.1, 0.15) is 45.2 Å². The number of rotatable bonds is 6. The second-order valence-electron chi connectivity index (χ2n) is 9.78. The first-order chi connectivity index (χ1) is 16.3. The first-order valence-electron chi connectivity index (χ1n) is 11.2. The highest BCUT2D eigenvalue weighted by atomic mass is 16.6. The molecule has 1 fully saturated rings. The van der Waals surface area contributed by atoms with Gasteiger partial charge < -0.3 is 20.1 Å². The molecule has 3 N–H and O–H groups in total. The molecule has 2 heterocycles. The summed E-state index contributed by atoms with van der Waals surface area (Å²) in [5.74, 6) is -0.866. The predicted molar refractivity (Wildman–Crippen MR) is 126 cm³/mol. The molecule has 2 atom stereocenters. The number of hydrogen-bond acceptors (Lipinski definition) is 6. The second kappa shape index (κ2) is 9.80. The van der Waals surface area contributed by atoms with E-state index in [0.717, 1.165) is 4.90 Å². The van der Waals surface area contributed by atoms with Crippen molar-refractivity contribution in [1.82, 2.24) is 24.7 Å². The minimum atomic E-state index is -1.12. The molecule has 0 aliphatic carbocycles. The first kappa shape index (κ1) is 25.8. The van der Waals surface area contributed by atoms with E-state index in [0.29, 0.717) is 16.6 Å². The summed E-state index contributed by atoms with van der Waals surface area (Å²) in [4.78, 5) is 61.3. The number of aryl methyl sites for hydroxylation is 1. The van der Waals surface area contributed by atoms with Crippen molar-refractivity contribution in [3.8, 4) is 0 Å². The van der Waals surface area contributed by atoms with Crippen LogP contribution in [0.5, 0.6) is 0 Å². The van der Waals surface area contributed by atoms with E-state index in [4.69, 9.17) is 9.84 Å². The number of piperidine rings is 1. The fourth-order valence-corrected chi connectivity index (χ4v) is 3.91. The zero-order chi connectivity index (χ0) is 26.1. The lowest BCUT2D eigenvalue weighted by molar-refractivity contribution is -0.135. The molecular formula is C23H31N5O7. The molecule has 1 aliphatic heterocycles. The van der Waals surface area contributed by atoms with Crippen molar-refractivity contribution >= 4 is 35.0 Å². The van der Waals surface area contributed by atoms with Crippen LogP contribution in [-0.4, -0.2) is 62.8 Å². The van der Waals surface area contributed by atoms with Gasteiger partial charge in [-0.3, -0.25) is 24.0 Å². The van der Waals surface area contributed by atoms with Gasteiger partial charge in [0.15, 0.2) is 0 Å². The van der Waals surface area contributed by atoms with Crippen molar-refractivity contribution in [2.75, 3.05) is 13.6 Å². The Kier molecular flexibility index (Phi) is 7.22. The number of amides is 4. The molecule has 35 heavy (non-hydrogen) atoms. The zero-order valence-corrected chi connectivity index (χ0v) is 20.5. The van der Waals surface area contributed by atoms with Crippen LogP contribution in [0, 0.1) is 5.41 Å². The van der Waals surface area contributed by atoms with Crippen LogP contribution < -0.4 is 16.3 Å². The van der Waals surface area contributed by atoms with Gasteiger partial charge in [-0.15, -0.1) is 0 Å². The van der Waals surface area contributed by atoms with Gasteiger partial charge in [0.2, 0.25) is 11.8 Å². The Morgan fingerprint density at radius 1 is 1.26 bits per heavy atom. The van der Waals surface area contributed by atoms with Crippen LogP contribution in [0.4, 0.5) is 9.59 Å². The molecule has 4 amide bonds. The summed E-state index contributed by atoms with van der Waals surface area (Å²) in [6.45, 7) is 5.68. The lowest BCUT2D eigenvalue weighted by atomic mass is 9.88. The molecule has 0 radical (unpaired) electrons.